The van der Waals surface area contributed by atoms with Gasteiger partial charge in [0, 0.05) is 12.1 Å². The normalized spacial score (nSPS) is 28.9. The lowest BCUT2D eigenvalue weighted by molar-refractivity contribution is 0.243. The van der Waals surface area contributed by atoms with Crippen LogP contribution in [0.15, 0.2) is 0 Å². The van der Waals surface area contributed by atoms with Crippen molar-refractivity contribution in [2.24, 2.45) is 5.73 Å². The first-order valence-corrected chi connectivity index (χ1v) is 5.60. The minimum absolute atomic E-state index is 0.0485. The summed E-state index contributed by atoms with van der Waals surface area (Å²) >= 11 is 0. The van der Waals surface area contributed by atoms with Gasteiger partial charge in [-0.3, -0.25) is 4.79 Å². The summed E-state index contributed by atoms with van der Waals surface area (Å²) in [6, 6.07) is -0.141. The van der Waals surface area contributed by atoms with E-state index < -0.39 is 14.0 Å². The molecule has 13 heavy (non-hydrogen) atoms. The number of nitrogens with one attached hydrogen (secondary N) is 1. The summed E-state index contributed by atoms with van der Waals surface area (Å²) in [6.45, 7) is 0. The maximum absolute atomic E-state index is 10.9. The zero-order valence-electron chi connectivity index (χ0n) is 7.31. The van der Waals surface area contributed by atoms with Crippen molar-refractivity contribution in [3.05, 3.63) is 0 Å². The molecule has 0 aliphatic heterocycles. The third kappa shape index (κ3) is 3.19. The highest BCUT2D eigenvalue weighted by Crippen LogP contribution is 2.25. The van der Waals surface area contributed by atoms with E-state index in [-0.39, 0.29) is 12.1 Å². The molecular weight excluding hydrogens is 191 g/mol. The van der Waals surface area contributed by atoms with Crippen molar-refractivity contribution in [1.29, 1.82) is 0 Å². The van der Waals surface area contributed by atoms with Gasteiger partial charge in [-0.05, 0) is 12.8 Å². The third-order valence-electron chi connectivity index (χ3n) is 2.31. The molecule has 1 amide bonds. The van der Waals surface area contributed by atoms with Crippen LogP contribution in [0.4, 0.5) is 4.79 Å². The van der Waals surface area contributed by atoms with E-state index in [0.29, 0.717) is 0 Å². The number of amides is 1. The first kappa shape index (κ1) is 10.9. The van der Waals surface area contributed by atoms with Crippen LogP contribution in [-0.4, -0.2) is 27.5 Å². The largest absolute Gasteiger partial charge is 0.344 e. The molecule has 76 valence electrons. The first-order valence-electron chi connectivity index (χ1n) is 4.35. The van der Waals surface area contributed by atoms with E-state index in [1.807, 2.05) is 0 Å². The van der Waals surface area contributed by atoms with Gasteiger partial charge in [0.1, 0.15) is 0 Å². The van der Waals surface area contributed by atoms with Gasteiger partial charge in [-0.2, -0.15) is 0 Å². The molecule has 1 aliphatic carbocycles. The highest BCUT2D eigenvalue weighted by Gasteiger charge is 2.25. The van der Waals surface area contributed by atoms with Gasteiger partial charge in [-0.25, -0.2) is 0 Å². The smallest absolute Gasteiger partial charge is 0.298 e. The Hall–Kier alpha value is -0.220. The molecule has 0 aromatic rings. The van der Waals surface area contributed by atoms with Crippen molar-refractivity contribution < 1.29 is 14.6 Å². The molecule has 0 spiro atoms. The molecule has 0 unspecified atom stereocenters. The van der Waals surface area contributed by atoms with Crippen molar-refractivity contribution in [3.8, 4) is 0 Å². The van der Waals surface area contributed by atoms with Gasteiger partial charge in [-0.1, -0.05) is 12.8 Å². The number of rotatable bonds is 2. The summed E-state index contributed by atoms with van der Waals surface area (Å²) in [5.41, 5.74) is 5.06. The van der Waals surface area contributed by atoms with Crippen LogP contribution in [0.25, 0.3) is 0 Å². The van der Waals surface area contributed by atoms with E-state index in [4.69, 9.17) is 15.5 Å². The molecule has 5 N–H and O–H groups in total. The van der Waals surface area contributed by atoms with E-state index in [2.05, 4.69) is 5.32 Å². The SMILES string of the molecule is N[C@@H]1CCCC[C@@H]1NC(=O)P(O)O. The lowest BCUT2D eigenvalue weighted by Gasteiger charge is -2.29. The summed E-state index contributed by atoms with van der Waals surface area (Å²) < 4.78 is 0. The molecular formula is C7H15N2O3P. The molecule has 0 saturated heterocycles. The van der Waals surface area contributed by atoms with Gasteiger partial charge in [0.15, 0.2) is 0 Å². The van der Waals surface area contributed by atoms with Crippen molar-refractivity contribution in [2.75, 3.05) is 0 Å². The van der Waals surface area contributed by atoms with E-state index in [9.17, 15) is 4.79 Å². The van der Waals surface area contributed by atoms with E-state index in [1.54, 1.807) is 0 Å². The Kier molecular flexibility index (Phi) is 4.06. The number of carbonyl (C=O) groups is 1. The second-order valence-corrected chi connectivity index (χ2v) is 4.28. The minimum Gasteiger partial charge on any atom is -0.344 e. The topological polar surface area (TPSA) is 95.6 Å². The lowest BCUT2D eigenvalue weighted by atomic mass is 9.91. The van der Waals surface area contributed by atoms with Crippen LogP contribution in [-0.2, 0) is 0 Å². The van der Waals surface area contributed by atoms with Crippen molar-refractivity contribution in [2.45, 2.75) is 37.8 Å². The Morgan fingerprint density at radius 2 is 2.00 bits per heavy atom. The predicted molar refractivity (Wildman–Crippen MR) is 50.1 cm³/mol. The van der Waals surface area contributed by atoms with Crippen LogP contribution < -0.4 is 11.1 Å². The number of nitrogens with two attached hydrogens (primary N) is 1. The number of hydrogen-bond acceptors (Lipinski definition) is 4. The second kappa shape index (κ2) is 4.86. The molecule has 0 radical (unpaired) electrons. The highest BCUT2D eigenvalue weighted by molar-refractivity contribution is 7.64. The van der Waals surface area contributed by atoms with Gasteiger partial charge >= 0.3 is 0 Å². The van der Waals surface area contributed by atoms with Crippen LogP contribution >= 0.6 is 8.38 Å². The Labute approximate surface area is 78.2 Å². The van der Waals surface area contributed by atoms with Crippen molar-refractivity contribution in [3.63, 3.8) is 0 Å². The lowest BCUT2D eigenvalue weighted by Crippen LogP contribution is -2.48. The average molecular weight is 206 g/mol. The Balaban J connectivity index is 2.38. The van der Waals surface area contributed by atoms with Gasteiger partial charge in [0.2, 0.25) is 0 Å². The molecule has 0 aromatic heterocycles. The molecule has 5 nitrogen and oxygen atoms in total. The molecule has 1 rings (SSSR count). The molecule has 2 atom stereocenters. The first-order chi connectivity index (χ1) is 6.11. The van der Waals surface area contributed by atoms with Crippen LogP contribution in [0.3, 0.4) is 0 Å². The van der Waals surface area contributed by atoms with Gasteiger partial charge < -0.3 is 20.8 Å². The van der Waals surface area contributed by atoms with Crippen LogP contribution in [0.5, 0.6) is 0 Å². The Bertz CT molecular complexity index is 189. The zero-order chi connectivity index (χ0) is 9.84. The quantitative estimate of drug-likeness (QED) is 0.487. The standard InChI is InChI=1S/C7H15N2O3P/c8-5-3-1-2-4-6(5)9-7(10)13(11)12/h5-6,11-12H,1-4,8H2,(H,9,10)/t5-,6+/m1/s1. The highest BCUT2D eigenvalue weighted by atomic mass is 31.2. The van der Waals surface area contributed by atoms with Crippen molar-refractivity contribution >= 4 is 14.0 Å². The van der Waals surface area contributed by atoms with Gasteiger partial charge in [0.25, 0.3) is 14.0 Å². The summed E-state index contributed by atoms with van der Waals surface area (Å²) in [5.74, 6) is 0. The minimum atomic E-state index is -2.51. The fraction of sp³-hybridized carbons (Fsp3) is 0.857. The maximum Gasteiger partial charge on any atom is 0.298 e. The summed E-state index contributed by atoms with van der Waals surface area (Å²) in [5, 5.41) is 2.53. The molecule has 1 aliphatic rings. The Morgan fingerprint density at radius 1 is 1.38 bits per heavy atom. The summed E-state index contributed by atoms with van der Waals surface area (Å²) in [4.78, 5) is 28.1. The van der Waals surface area contributed by atoms with E-state index in [0.717, 1.165) is 25.7 Å². The maximum atomic E-state index is 10.9. The zero-order valence-corrected chi connectivity index (χ0v) is 8.20. The number of carbonyl (C=O) groups excluding carboxylic acids is 1. The van der Waals surface area contributed by atoms with Crippen LogP contribution in [0.1, 0.15) is 25.7 Å². The fourth-order valence-electron chi connectivity index (χ4n) is 1.56. The summed E-state index contributed by atoms with van der Waals surface area (Å²) in [6.07, 6.45) is 3.84. The van der Waals surface area contributed by atoms with E-state index in [1.165, 1.54) is 0 Å². The van der Waals surface area contributed by atoms with Crippen molar-refractivity contribution in [1.82, 2.24) is 5.32 Å². The molecule has 1 fully saturated rings. The number of hydrogen-bond donors (Lipinski definition) is 4. The molecule has 0 bridgehead atoms. The van der Waals surface area contributed by atoms with E-state index >= 15 is 0 Å². The van der Waals surface area contributed by atoms with Gasteiger partial charge in [-0.15, -0.1) is 0 Å². The van der Waals surface area contributed by atoms with Gasteiger partial charge in [0.05, 0.1) is 0 Å². The predicted octanol–water partition coefficient (Wildman–Crippen LogP) is 0.262. The fourth-order valence-corrected chi connectivity index (χ4v) is 1.84. The molecule has 0 heterocycles. The molecule has 6 heteroatoms. The Morgan fingerprint density at radius 3 is 2.54 bits per heavy atom. The monoisotopic (exact) mass is 206 g/mol. The molecule has 1 saturated carbocycles. The second-order valence-electron chi connectivity index (χ2n) is 3.29. The summed E-state index contributed by atoms with van der Waals surface area (Å²) in [7, 11) is -2.51. The average Bonchev–Trinajstić information content (AvgIpc) is 2.08. The molecule has 0 aromatic carbocycles. The van der Waals surface area contributed by atoms with Crippen LogP contribution in [0, 0.1) is 0 Å². The van der Waals surface area contributed by atoms with Crippen LogP contribution in [0.2, 0.25) is 0 Å². The third-order valence-corrected chi connectivity index (χ3v) is 2.80.